The molecule has 0 radical (unpaired) electrons. The van der Waals surface area contributed by atoms with Crippen molar-refractivity contribution in [3.63, 3.8) is 0 Å². The Bertz CT molecular complexity index is 99.7. The normalized spacial score (nSPS) is 15.0. The smallest absolute Gasteiger partial charge is 0.0624 e. The summed E-state index contributed by atoms with van der Waals surface area (Å²) in [6.07, 6.45) is 1.01. The largest absolute Gasteiger partial charge is 0.396 e. The fraction of sp³-hybridized carbons (Fsp3) is 1.00. The molecule has 0 bridgehead atoms. The number of aliphatic hydroxyl groups is 1. The first-order valence-corrected chi connectivity index (χ1v) is 4.26. The van der Waals surface area contributed by atoms with Crippen LogP contribution in [-0.4, -0.2) is 23.9 Å². The van der Waals surface area contributed by atoms with E-state index in [1.165, 1.54) is 0 Å². The molecule has 0 aliphatic carbocycles. The Morgan fingerprint density at radius 1 is 1.45 bits per heavy atom. The quantitative estimate of drug-likeness (QED) is 0.664. The van der Waals surface area contributed by atoms with Gasteiger partial charge in [-0.1, -0.05) is 13.8 Å². The lowest BCUT2D eigenvalue weighted by atomic mass is 10.1. The van der Waals surface area contributed by atoms with Crippen LogP contribution in [0.15, 0.2) is 0 Å². The first-order valence-electron chi connectivity index (χ1n) is 4.26. The molecule has 0 aromatic rings. The van der Waals surface area contributed by atoms with Crippen molar-refractivity contribution in [1.29, 1.82) is 0 Å². The van der Waals surface area contributed by atoms with Crippen LogP contribution in [0.1, 0.15) is 34.1 Å². The monoisotopic (exact) mass is 160 g/mol. The van der Waals surface area contributed by atoms with Crippen LogP contribution >= 0.6 is 0 Å². The molecule has 0 aromatic heterocycles. The van der Waals surface area contributed by atoms with Gasteiger partial charge in [-0.05, 0) is 20.3 Å². The van der Waals surface area contributed by atoms with E-state index in [1.807, 2.05) is 6.92 Å². The lowest BCUT2D eigenvalue weighted by molar-refractivity contribution is -0.0420. The van der Waals surface area contributed by atoms with Gasteiger partial charge < -0.3 is 9.84 Å². The summed E-state index contributed by atoms with van der Waals surface area (Å²) in [5.74, 6) is 0.251. The van der Waals surface area contributed by atoms with Crippen molar-refractivity contribution >= 4 is 0 Å². The number of aliphatic hydroxyl groups excluding tert-OH is 1. The van der Waals surface area contributed by atoms with E-state index >= 15 is 0 Å². The molecule has 0 aromatic carbocycles. The summed E-state index contributed by atoms with van der Waals surface area (Å²) in [7, 11) is 0. The van der Waals surface area contributed by atoms with Crippen LogP contribution in [0.4, 0.5) is 0 Å². The molecule has 0 saturated heterocycles. The van der Waals surface area contributed by atoms with Gasteiger partial charge in [0.05, 0.1) is 12.2 Å². The van der Waals surface area contributed by atoms with E-state index < -0.39 is 0 Å². The standard InChI is InChI=1S/C9H20O2/c1-5-9(3,4)11-7-8(2)6-10/h8,10H,5-7H2,1-4H3. The summed E-state index contributed by atoms with van der Waals surface area (Å²) in [4.78, 5) is 0. The Kier molecular flexibility index (Phi) is 4.69. The minimum atomic E-state index is -0.0383. The Balaban J connectivity index is 3.52. The van der Waals surface area contributed by atoms with E-state index in [1.54, 1.807) is 0 Å². The first kappa shape index (κ1) is 10.9. The molecular weight excluding hydrogens is 140 g/mol. The van der Waals surface area contributed by atoms with E-state index in [4.69, 9.17) is 9.84 Å². The number of hydrogen-bond acceptors (Lipinski definition) is 2. The van der Waals surface area contributed by atoms with Crippen LogP contribution in [0.25, 0.3) is 0 Å². The molecular formula is C9H20O2. The zero-order valence-electron chi connectivity index (χ0n) is 8.05. The Hall–Kier alpha value is -0.0800. The molecule has 0 heterocycles. The third-order valence-electron chi connectivity index (χ3n) is 1.92. The summed E-state index contributed by atoms with van der Waals surface area (Å²) >= 11 is 0. The highest BCUT2D eigenvalue weighted by atomic mass is 16.5. The second-order valence-corrected chi connectivity index (χ2v) is 3.71. The molecule has 0 aliphatic heterocycles. The molecule has 2 heteroatoms. The average molecular weight is 160 g/mol. The number of rotatable bonds is 5. The Morgan fingerprint density at radius 2 is 2.00 bits per heavy atom. The molecule has 0 fully saturated rings. The molecule has 0 spiro atoms. The number of ether oxygens (including phenoxy) is 1. The lowest BCUT2D eigenvalue weighted by Crippen LogP contribution is -2.26. The summed E-state index contributed by atoms with van der Waals surface area (Å²) in [5, 5.41) is 8.72. The molecule has 11 heavy (non-hydrogen) atoms. The van der Waals surface area contributed by atoms with Gasteiger partial charge in [-0.15, -0.1) is 0 Å². The van der Waals surface area contributed by atoms with Crippen molar-refractivity contribution in [2.45, 2.75) is 39.7 Å². The molecule has 0 saturated carbocycles. The van der Waals surface area contributed by atoms with Gasteiger partial charge in [-0.2, -0.15) is 0 Å². The lowest BCUT2D eigenvalue weighted by Gasteiger charge is -2.25. The van der Waals surface area contributed by atoms with Gasteiger partial charge in [0.15, 0.2) is 0 Å². The third kappa shape index (κ3) is 5.22. The molecule has 0 aliphatic rings. The van der Waals surface area contributed by atoms with Crippen LogP contribution in [0.2, 0.25) is 0 Å². The maximum absolute atomic E-state index is 8.72. The van der Waals surface area contributed by atoms with E-state index in [0.29, 0.717) is 6.61 Å². The van der Waals surface area contributed by atoms with Gasteiger partial charge in [0.1, 0.15) is 0 Å². The fourth-order valence-electron chi connectivity index (χ4n) is 0.523. The minimum Gasteiger partial charge on any atom is -0.396 e. The molecule has 1 N–H and O–H groups in total. The van der Waals surface area contributed by atoms with Crippen molar-refractivity contribution in [2.24, 2.45) is 5.92 Å². The van der Waals surface area contributed by atoms with Crippen molar-refractivity contribution < 1.29 is 9.84 Å². The summed E-state index contributed by atoms with van der Waals surface area (Å²) in [6.45, 7) is 9.07. The summed E-state index contributed by atoms with van der Waals surface area (Å²) in [5.41, 5.74) is -0.0383. The van der Waals surface area contributed by atoms with E-state index in [2.05, 4.69) is 20.8 Å². The molecule has 68 valence electrons. The van der Waals surface area contributed by atoms with Gasteiger partial charge >= 0.3 is 0 Å². The Labute approximate surface area is 69.6 Å². The summed E-state index contributed by atoms with van der Waals surface area (Å²) < 4.78 is 5.57. The Morgan fingerprint density at radius 3 is 2.36 bits per heavy atom. The second kappa shape index (κ2) is 4.73. The van der Waals surface area contributed by atoms with Crippen molar-refractivity contribution in [3.8, 4) is 0 Å². The predicted molar refractivity (Wildman–Crippen MR) is 46.6 cm³/mol. The predicted octanol–water partition coefficient (Wildman–Crippen LogP) is 1.82. The van der Waals surface area contributed by atoms with Gasteiger partial charge in [0, 0.05) is 12.5 Å². The van der Waals surface area contributed by atoms with Crippen molar-refractivity contribution in [2.75, 3.05) is 13.2 Å². The zero-order valence-corrected chi connectivity index (χ0v) is 8.05. The van der Waals surface area contributed by atoms with Crippen LogP contribution in [0.3, 0.4) is 0 Å². The molecule has 1 atom stereocenters. The van der Waals surface area contributed by atoms with Gasteiger partial charge in [0.25, 0.3) is 0 Å². The maximum atomic E-state index is 8.72. The van der Waals surface area contributed by atoms with Gasteiger partial charge in [0.2, 0.25) is 0 Å². The van der Waals surface area contributed by atoms with Crippen LogP contribution in [0.5, 0.6) is 0 Å². The van der Waals surface area contributed by atoms with Crippen LogP contribution < -0.4 is 0 Å². The SMILES string of the molecule is CCC(C)(C)OCC(C)CO. The zero-order chi connectivity index (χ0) is 8.91. The van der Waals surface area contributed by atoms with E-state index in [9.17, 15) is 0 Å². The highest BCUT2D eigenvalue weighted by Crippen LogP contribution is 2.14. The molecule has 1 unspecified atom stereocenters. The van der Waals surface area contributed by atoms with Crippen molar-refractivity contribution in [3.05, 3.63) is 0 Å². The van der Waals surface area contributed by atoms with Gasteiger partial charge in [-0.25, -0.2) is 0 Å². The molecule has 2 nitrogen and oxygen atoms in total. The first-order chi connectivity index (χ1) is 5.02. The highest BCUT2D eigenvalue weighted by Gasteiger charge is 2.15. The minimum absolute atomic E-state index is 0.0383. The summed E-state index contributed by atoms with van der Waals surface area (Å²) in [6, 6.07) is 0. The third-order valence-corrected chi connectivity index (χ3v) is 1.92. The maximum Gasteiger partial charge on any atom is 0.0624 e. The van der Waals surface area contributed by atoms with Crippen LogP contribution in [-0.2, 0) is 4.74 Å². The fourth-order valence-corrected chi connectivity index (χ4v) is 0.523. The van der Waals surface area contributed by atoms with Crippen molar-refractivity contribution in [1.82, 2.24) is 0 Å². The van der Waals surface area contributed by atoms with E-state index in [-0.39, 0.29) is 18.1 Å². The highest BCUT2D eigenvalue weighted by molar-refractivity contribution is 4.65. The average Bonchev–Trinajstić information content (AvgIpc) is 2.00. The second-order valence-electron chi connectivity index (χ2n) is 3.71. The number of hydrogen-bond donors (Lipinski definition) is 1. The molecule has 0 rings (SSSR count). The van der Waals surface area contributed by atoms with Crippen LogP contribution in [0, 0.1) is 5.92 Å². The molecule has 0 amide bonds. The van der Waals surface area contributed by atoms with E-state index in [0.717, 1.165) is 6.42 Å². The van der Waals surface area contributed by atoms with Gasteiger partial charge in [-0.3, -0.25) is 0 Å². The topological polar surface area (TPSA) is 29.5 Å².